The van der Waals surface area contributed by atoms with Gasteiger partial charge in [0.2, 0.25) is 5.91 Å². The van der Waals surface area contributed by atoms with Crippen LogP contribution in [0.5, 0.6) is 5.75 Å². The summed E-state index contributed by atoms with van der Waals surface area (Å²) in [6.07, 6.45) is 1.95. The van der Waals surface area contributed by atoms with Crippen LogP contribution in [0.25, 0.3) is 0 Å². The number of aromatic nitrogens is 3. The molecule has 140 valence electrons. The lowest BCUT2D eigenvalue weighted by Crippen LogP contribution is -2.25. The monoisotopic (exact) mass is 378 g/mol. The number of nitrogens with zero attached hydrogens (tertiary/aromatic N) is 2. The molecule has 0 unspecified atom stereocenters. The van der Waals surface area contributed by atoms with E-state index in [0.717, 1.165) is 25.0 Å². The van der Waals surface area contributed by atoms with E-state index in [2.05, 4.69) is 15.5 Å². The zero-order valence-corrected chi connectivity index (χ0v) is 15.6. The summed E-state index contributed by atoms with van der Waals surface area (Å²) in [5, 5.41) is 9.77. The Hall–Kier alpha value is -2.26. The highest BCUT2D eigenvalue weighted by molar-refractivity contribution is 7.99. The van der Waals surface area contributed by atoms with Crippen LogP contribution in [0.3, 0.4) is 0 Å². The number of hydrogen-bond acceptors (Lipinski definition) is 6. The van der Waals surface area contributed by atoms with E-state index in [1.807, 2.05) is 25.1 Å². The van der Waals surface area contributed by atoms with Crippen molar-refractivity contribution in [2.75, 3.05) is 24.8 Å². The number of amides is 1. The molecule has 1 atom stereocenters. The smallest absolute Gasteiger partial charge is 0.344 e. The maximum absolute atomic E-state index is 12.3. The van der Waals surface area contributed by atoms with E-state index in [4.69, 9.17) is 9.47 Å². The second-order valence-corrected chi connectivity index (χ2v) is 7.04. The minimum atomic E-state index is -0.288. The van der Waals surface area contributed by atoms with Crippen molar-refractivity contribution >= 4 is 23.4 Å². The van der Waals surface area contributed by atoms with Gasteiger partial charge in [-0.2, -0.15) is 0 Å². The summed E-state index contributed by atoms with van der Waals surface area (Å²) in [6, 6.07) is 5.57. The molecular weight excluding hydrogens is 356 g/mol. The summed E-state index contributed by atoms with van der Waals surface area (Å²) < 4.78 is 12.4. The van der Waals surface area contributed by atoms with Gasteiger partial charge in [0.1, 0.15) is 5.75 Å². The third kappa shape index (κ3) is 4.47. The van der Waals surface area contributed by atoms with Gasteiger partial charge >= 0.3 is 5.69 Å². The molecule has 1 amide bonds. The lowest BCUT2D eigenvalue weighted by atomic mass is 10.2. The number of carbonyl (C=O) groups is 1. The van der Waals surface area contributed by atoms with Gasteiger partial charge in [0.15, 0.2) is 5.16 Å². The van der Waals surface area contributed by atoms with Crippen LogP contribution in [0.4, 0.5) is 5.69 Å². The molecule has 0 bridgehead atoms. The Labute approximate surface area is 155 Å². The van der Waals surface area contributed by atoms with E-state index in [9.17, 15) is 9.59 Å². The minimum Gasteiger partial charge on any atom is -0.495 e. The number of hydrogen-bond donors (Lipinski definition) is 2. The van der Waals surface area contributed by atoms with Crippen molar-refractivity contribution in [2.24, 2.45) is 0 Å². The molecule has 0 aliphatic carbocycles. The lowest BCUT2D eigenvalue weighted by molar-refractivity contribution is -0.113. The molecule has 2 heterocycles. The van der Waals surface area contributed by atoms with Crippen LogP contribution in [-0.4, -0.2) is 46.2 Å². The van der Waals surface area contributed by atoms with Crippen molar-refractivity contribution < 1.29 is 14.3 Å². The highest BCUT2D eigenvalue weighted by Gasteiger charge is 2.20. The predicted octanol–water partition coefficient (Wildman–Crippen LogP) is 1.80. The first kappa shape index (κ1) is 18.5. The van der Waals surface area contributed by atoms with Crippen molar-refractivity contribution in [1.82, 2.24) is 14.8 Å². The number of carbonyl (C=O) groups excluding carboxylic acids is 1. The van der Waals surface area contributed by atoms with Crippen molar-refractivity contribution in [1.29, 1.82) is 0 Å². The maximum atomic E-state index is 12.3. The van der Waals surface area contributed by atoms with Crippen molar-refractivity contribution in [3.63, 3.8) is 0 Å². The third-order valence-electron chi connectivity index (χ3n) is 4.09. The number of rotatable bonds is 7. The van der Waals surface area contributed by atoms with Gasteiger partial charge in [-0.05, 0) is 37.5 Å². The minimum absolute atomic E-state index is 0.0232. The van der Waals surface area contributed by atoms with Crippen LogP contribution < -0.4 is 15.7 Å². The second-order valence-electron chi connectivity index (χ2n) is 6.10. The topological polar surface area (TPSA) is 98.2 Å². The molecule has 2 aromatic rings. The average Bonchev–Trinajstić information content (AvgIpc) is 3.25. The summed E-state index contributed by atoms with van der Waals surface area (Å²) in [6.45, 7) is 3.11. The summed E-state index contributed by atoms with van der Waals surface area (Å²) >= 11 is 1.21. The molecule has 9 heteroatoms. The van der Waals surface area contributed by atoms with Crippen LogP contribution >= 0.6 is 11.8 Å². The summed E-state index contributed by atoms with van der Waals surface area (Å²) in [5.74, 6) is 0.537. The molecule has 1 fully saturated rings. The summed E-state index contributed by atoms with van der Waals surface area (Å²) in [4.78, 5) is 24.2. The maximum Gasteiger partial charge on any atom is 0.344 e. The van der Waals surface area contributed by atoms with Gasteiger partial charge in [-0.1, -0.05) is 17.8 Å². The van der Waals surface area contributed by atoms with Crippen LogP contribution in [0.1, 0.15) is 18.4 Å². The predicted molar refractivity (Wildman–Crippen MR) is 98.9 cm³/mol. The Morgan fingerprint density at radius 2 is 2.38 bits per heavy atom. The van der Waals surface area contributed by atoms with Crippen LogP contribution in [0.15, 0.2) is 28.2 Å². The fraction of sp³-hybridized carbons (Fsp3) is 0.471. The van der Waals surface area contributed by atoms with Crippen molar-refractivity contribution in [3.8, 4) is 5.75 Å². The van der Waals surface area contributed by atoms with E-state index in [1.54, 1.807) is 7.11 Å². The lowest BCUT2D eigenvalue weighted by Gasteiger charge is -2.12. The molecule has 2 N–H and O–H groups in total. The fourth-order valence-electron chi connectivity index (χ4n) is 2.80. The highest BCUT2D eigenvalue weighted by atomic mass is 32.2. The fourth-order valence-corrected chi connectivity index (χ4v) is 3.56. The Morgan fingerprint density at radius 3 is 3.12 bits per heavy atom. The second kappa shape index (κ2) is 8.41. The van der Waals surface area contributed by atoms with Crippen molar-refractivity contribution in [2.45, 2.75) is 37.6 Å². The molecule has 1 aromatic heterocycles. The molecule has 0 radical (unpaired) electrons. The van der Waals surface area contributed by atoms with Crippen LogP contribution in [-0.2, 0) is 16.1 Å². The number of nitrogens with one attached hydrogen (secondary N) is 2. The summed E-state index contributed by atoms with van der Waals surface area (Å²) in [7, 11) is 1.56. The van der Waals surface area contributed by atoms with E-state index in [-0.39, 0.29) is 23.5 Å². The molecule has 0 spiro atoms. The van der Waals surface area contributed by atoms with E-state index >= 15 is 0 Å². The zero-order valence-electron chi connectivity index (χ0n) is 14.8. The Bertz CT molecular complexity index is 826. The molecule has 3 rings (SSSR count). The van der Waals surface area contributed by atoms with Crippen LogP contribution in [0, 0.1) is 6.92 Å². The first-order chi connectivity index (χ1) is 12.6. The molecule has 26 heavy (non-hydrogen) atoms. The number of methoxy groups -OCH3 is 1. The number of anilines is 1. The van der Waals surface area contributed by atoms with Crippen molar-refractivity contribution in [3.05, 3.63) is 34.2 Å². The molecule has 0 saturated carbocycles. The Balaban J connectivity index is 1.61. The summed E-state index contributed by atoms with van der Waals surface area (Å²) in [5.41, 5.74) is 1.35. The number of aromatic amines is 1. The number of benzene rings is 1. The van der Waals surface area contributed by atoms with Gasteiger partial charge < -0.3 is 14.8 Å². The number of thioether (sulfide) groups is 1. The largest absolute Gasteiger partial charge is 0.495 e. The number of aryl methyl sites for hydroxylation is 1. The quantitative estimate of drug-likeness (QED) is 0.713. The van der Waals surface area contributed by atoms with Gasteiger partial charge in [0, 0.05) is 6.61 Å². The molecule has 8 nitrogen and oxygen atoms in total. The highest BCUT2D eigenvalue weighted by Crippen LogP contribution is 2.26. The van der Waals surface area contributed by atoms with Gasteiger partial charge in [-0.3, -0.25) is 9.36 Å². The standard InChI is InChI=1S/C17H22N4O4S/c1-11-5-6-14(24-2)13(8-11)18-15(22)10-26-17-20-19-16(23)21(17)9-12-4-3-7-25-12/h5-6,8,12H,3-4,7,9-10H2,1-2H3,(H,18,22)(H,19,23)/t12-/m0/s1. The average molecular weight is 378 g/mol. The van der Waals surface area contributed by atoms with Gasteiger partial charge in [0.25, 0.3) is 0 Å². The third-order valence-corrected chi connectivity index (χ3v) is 5.07. The molecule has 1 aliphatic heterocycles. The SMILES string of the molecule is COc1ccc(C)cc1NC(=O)CSc1n[nH]c(=O)n1C[C@@H]1CCCO1. The molecule has 1 aromatic carbocycles. The number of ether oxygens (including phenoxy) is 2. The van der Waals surface area contributed by atoms with Crippen LogP contribution in [0.2, 0.25) is 0 Å². The first-order valence-corrected chi connectivity index (χ1v) is 9.39. The van der Waals surface area contributed by atoms with Gasteiger partial charge in [-0.25, -0.2) is 9.89 Å². The molecular formula is C17H22N4O4S. The molecule has 1 saturated heterocycles. The van der Waals surface area contributed by atoms with E-state index in [0.29, 0.717) is 23.1 Å². The number of H-pyrrole nitrogens is 1. The van der Waals surface area contributed by atoms with E-state index in [1.165, 1.54) is 16.3 Å². The first-order valence-electron chi connectivity index (χ1n) is 8.41. The Morgan fingerprint density at radius 1 is 1.54 bits per heavy atom. The van der Waals surface area contributed by atoms with Gasteiger partial charge in [-0.15, -0.1) is 5.10 Å². The Kier molecular flexibility index (Phi) is 6.00. The zero-order chi connectivity index (χ0) is 18.5. The molecule has 1 aliphatic rings. The van der Waals surface area contributed by atoms with Gasteiger partial charge in [0.05, 0.1) is 31.2 Å². The normalized spacial score (nSPS) is 16.6. The van der Waals surface area contributed by atoms with E-state index < -0.39 is 0 Å².